The van der Waals surface area contributed by atoms with Gasteiger partial charge in [0.15, 0.2) is 0 Å². The molecule has 204 valence electrons. The van der Waals surface area contributed by atoms with Crippen LogP contribution >= 0.6 is 0 Å². The summed E-state index contributed by atoms with van der Waals surface area (Å²) in [6.07, 6.45) is 2.03. The summed E-state index contributed by atoms with van der Waals surface area (Å²) in [7, 11) is 0. The maximum atomic E-state index is 12.8. The molecule has 0 spiro atoms. The molecule has 9 nitrogen and oxygen atoms in total. The van der Waals surface area contributed by atoms with E-state index < -0.39 is 17.4 Å². The third-order valence-electron chi connectivity index (χ3n) is 7.26. The molecule has 4 N–H and O–H groups in total. The number of hydrogen-bond acceptors (Lipinski definition) is 9. The molecule has 1 aliphatic heterocycles. The van der Waals surface area contributed by atoms with Gasteiger partial charge in [-0.05, 0) is 60.4 Å². The standard InChI is InChI=1S/C32H29N7O2/c1-20-8-9-22(16-33)13-28(20)39-31-36-11-10-27(38-31)23-14-24(17-34)29-25(15-23)32(2,18-37-29)19-41-30(40)26(35)12-21-6-4-3-5-7-21/h3-11,13-15,26,37H,12,18-19,35H2,1-2H3,(H,36,38,39)/t26-,32-/m1/s1. The van der Waals surface area contributed by atoms with Crippen LogP contribution in [0.2, 0.25) is 0 Å². The first-order chi connectivity index (χ1) is 19.8. The van der Waals surface area contributed by atoms with Gasteiger partial charge < -0.3 is 21.1 Å². The van der Waals surface area contributed by atoms with Crippen molar-refractivity contribution in [3.8, 4) is 23.4 Å². The van der Waals surface area contributed by atoms with Crippen LogP contribution in [0, 0.1) is 29.6 Å². The largest absolute Gasteiger partial charge is 0.464 e. The molecule has 2 heterocycles. The fourth-order valence-corrected chi connectivity index (χ4v) is 4.87. The van der Waals surface area contributed by atoms with Crippen molar-refractivity contribution in [3.63, 3.8) is 0 Å². The fraction of sp³-hybridized carbons (Fsp3) is 0.219. The number of fused-ring (bicyclic) bond motifs is 1. The molecule has 0 unspecified atom stereocenters. The number of nitrogens with zero attached hydrogens (tertiary/aromatic N) is 4. The van der Waals surface area contributed by atoms with Gasteiger partial charge in [-0.25, -0.2) is 9.97 Å². The van der Waals surface area contributed by atoms with E-state index >= 15 is 0 Å². The predicted octanol–water partition coefficient (Wildman–Crippen LogP) is 4.74. The maximum Gasteiger partial charge on any atom is 0.323 e. The highest BCUT2D eigenvalue weighted by Gasteiger charge is 2.38. The Morgan fingerprint density at radius 1 is 1.15 bits per heavy atom. The van der Waals surface area contributed by atoms with Crippen molar-refractivity contribution in [3.05, 3.63) is 101 Å². The number of nitrogens with two attached hydrogens (primary N) is 1. The Kier molecular flexibility index (Phi) is 7.64. The van der Waals surface area contributed by atoms with Gasteiger partial charge in [0, 0.05) is 29.4 Å². The number of benzene rings is 3. The zero-order valence-corrected chi connectivity index (χ0v) is 22.8. The predicted molar refractivity (Wildman–Crippen MR) is 156 cm³/mol. The van der Waals surface area contributed by atoms with Gasteiger partial charge in [0.25, 0.3) is 0 Å². The number of rotatable bonds is 8. The highest BCUT2D eigenvalue weighted by Crippen LogP contribution is 2.41. The quantitative estimate of drug-likeness (QED) is 0.268. The lowest BCUT2D eigenvalue weighted by Crippen LogP contribution is -2.38. The molecule has 4 aromatic rings. The van der Waals surface area contributed by atoms with Gasteiger partial charge in [-0.1, -0.05) is 43.3 Å². The van der Waals surface area contributed by atoms with E-state index in [-0.39, 0.29) is 6.61 Å². The zero-order valence-electron chi connectivity index (χ0n) is 22.8. The Labute approximate surface area is 238 Å². The number of aromatic nitrogens is 2. The third kappa shape index (κ3) is 5.86. The molecule has 5 rings (SSSR count). The molecule has 0 saturated carbocycles. The number of carbonyl (C=O) groups excluding carboxylic acids is 1. The van der Waals surface area contributed by atoms with Crippen LogP contribution in [-0.4, -0.2) is 35.1 Å². The monoisotopic (exact) mass is 543 g/mol. The van der Waals surface area contributed by atoms with Crippen molar-refractivity contribution in [1.29, 1.82) is 10.5 Å². The number of ether oxygens (including phenoxy) is 1. The topological polar surface area (TPSA) is 150 Å². The second-order valence-electron chi connectivity index (χ2n) is 10.4. The molecule has 0 fully saturated rings. The summed E-state index contributed by atoms with van der Waals surface area (Å²) < 4.78 is 5.71. The molecule has 9 heteroatoms. The average Bonchev–Trinajstić information content (AvgIpc) is 3.33. The van der Waals surface area contributed by atoms with E-state index in [1.165, 1.54) is 0 Å². The van der Waals surface area contributed by atoms with Crippen LogP contribution in [0.4, 0.5) is 17.3 Å². The van der Waals surface area contributed by atoms with Crippen LogP contribution in [0.25, 0.3) is 11.3 Å². The van der Waals surface area contributed by atoms with E-state index in [1.54, 1.807) is 30.5 Å². The molecule has 0 saturated heterocycles. The zero-order chi connectivity index (χ0) is 29.0. The van der Waals surface area contributed by atoms with E-state index in [4.69, 9.17) is 10.5 Å². The van der Waals surface area contributed by atoms with E-state index in [2.05, 4.69) is 32.7 Å². The highest BCUT2D eigenvalue weighted by atomic mass is 16.5. The first kappa shape index (κ1) is 27.3. The SMILES string of the molecule is Cc1ccc(C#N)cc1Nc1nccc(-c2cc(C#N)c3c(c2)[C@@](C)(COC(=O)[C@H](N)Cc2ccccc2)CN3)n1. The third-order valence-corrected chi connectivity index (χ3v) is 7.26. The van der Waals surface area contributed by atoms with Crippen LogP contribution < -0.4 is 16.4 Å². The smallest absolute Gasteiger partial charge is 0.323 e. The Morgan fingerprint density at radius 2 is 1.95 bits per heavy atom. The first-order valence-corrected chi connectivity index (χ1v) is 13.2. The summed E-state index contributed by atoms with van der Waals surface area (Å²) in [5.41, 5.74) is 12.1. The Bertz CT molecular complexity index is 1690. The van der Waals surface area contributed by atoms with Crippen molar-refractivity contribution in [2.75, 3.05) is 23.8 Å². The minimum Gasteiger partial charge on any atom is -0.464 e. The van der Waals surface area contributed by atoms with Gasteiger partial charge >= 0.3 is 5.97 Å². The summed E-state index contributed by atoms with van der Waals surface area (Å²) in [5, 5.41) is 25.7. The Hall–Kier alpha value is -5.25. The Morgan fingerprint density at radius 3 is 2.71 bits per heavy atom. The summed E-state index contributed by atoms with van der Waals surface area (Å²) in [6, 6.07) is 24.1. The second kappa shape index (κ2) is 11.5. The van der Waals surface area contributed by atoms with Crippen molar-refractivity contribution in [1.82, 2.24) is 9.97 Å². The number of carbonyl (C=O) groups is 1. The van der Waals surface area contributed by atoms with Crippen LogP contribution in [-0.2, 0) is 21.4 Å². The van der Waals surface area contributed by atoms with Gasteiger partial charge in [-0.3, -0.25) is 4.79 Å². The average molecular weight is 544 g/mol. The fourth-order valence-electron chi connectivity index (χ4n) is 4.87. The molecule has 0 radical (unpaired) electrons. The lowest BCUT2D eigenvalue weighted by molar-refractivity contribution is -0.146. The summed E-state index contributed by atoms with van der Waals surface area (Å²) in [5.74, 6) is -0.107. The molecule has 0 aliphatic carbocycles. The molecule has 2 atom stereocenters. The number of hydrogen-bond donors (Lipinski definition) is 3. The molecule has 1 aliphatic rings. The van der Waals surface area contributed by atoms with E-state index in [0.717, 1.165) is 33.6 Å². The normalized spacial score (nSPS) is 16.0. The lowest BCUT2D eigenvalue weighted by Gasteiger charge is -2.25. The maximum absolute atomic E-state index is 12.8. The number of aryl methyl sites for hydroxylation is 1. The van der Waals surface area contributed by atoms with Crippen molar-refractivity contribution < 1.29 is 9.53 Å². The molecule has 41 heavy (non-hydrogen) atoms. The summed E-state index contributed by atoms with van der Waals surface area (Å²) in [6.45, 7) is 4.52. The van der Waals surface area contributed by atoms with Crippen LogP contribution in [0.1, 0.15) is 34.7 Å². The molecular formula is C32H29N7O2. The van der Waals surface area contributed by atoms with Gasteiger partial charge in [0.05, 0.1) is 28.6 Å². The molecular weight excluding hydrogens is 514 g/mol. The molecule has 1 aromatic heterocycles. The van der Waals surface area contributed by atoms with Crippen molar-refractivity contribution in [2.45, 2.75) is 31.7 Å². The van der Waals surface area contributed by atoms with Crippen molar-refractivity contribution in [2.24, 2.45) is 5.73 Å². The van der Waals surface area contributed by atoms with Gasteiger partial charge in [0.2, 0.25) is 5.95 Å². The van der Waals surface area contributed by atoms with Gasteiger partial charge in [-0.2, -0.15) is 10.5 Å². The van der Waals surface area contributed by atoms with Gasteiger partial charge in [0.1, 0.15) is 18.7 Å². The number of esters is 1. The highest BCUT2D eigenvalue weighted by molar-refractivity contribution is 5.78. The van der Waals surface area contributed by atoms with Crippen LogP contribution in [0.5, 0.6) is 0 Å². The number of nitriles is 2. The summed E-state index contributed by atoms with van der Waals surface area (Å²) in [4.78, 5) is 21.8. The lowest BCUT2D eigenvalue weighted by atomic mass is 9.83. The van der Waals surface area contributed by atoms with E-state index in [1.807, 2.05) is 56.3 Å². The summed E-state index contributed by atoms with van der Waals surface area (Å²) >= 11 is 0. The Balaban J connectivity index is 1.38. The van der Waals surface area contributed by atoms with Crippen molar-refractivity contribution >= 4 is 23.3 Å². The first-order valence-electron chi connectivity index (χ1n) is 13.2. The molecule has 0 bridgehead atoms. The molecule has 3 aromatic carbocycles. The van der Waals surface area contributed by atoms with E-state index in [0.29, 0.717) is 35.7 Å². The minimum absolute atomic E-state index is 0.105. The van der Waals surface area contributed by atoms with Crippen LogP contribution in [0.3, 0.4) is 0 Å². The minimum atomic E-state index is -0.778. The van der Waals surface area contributed by atoms with Gasteiger partial charge in [-0.15, -0.1) is 0 Å². The second-order valence-corrected chi connectivity index (χ2v) is 10.4. The number of nitrogens with one attached hydrogen (secondary N) is 2. The number of anilines is 3. The van der Waals surface area contributed by atoms with Crippen LogP contribution in [0.15, 0.2) is 72.9 Å². The molecule has 0 amide bonds. The van der Waals surface area contributed by atoms with E-state index in [9.17, 15) is 15.3 Å².